The maximum absolute atomic E-state index is 9.09. The first-order chi connectivity index (χ1) is 15.3. The summed E-state index contributed by atoms with van der Waals surface area (Å²) in [6.45, 7) is 3.69. The first-order valence-electron chi connectivity index (χ1n) is 11.5. The van der Waals surface area contributed by atoms with E-state index < -0.39 is 0 Å². The fraction of sp³-hybridized carbons (Fsp3) is 0.500. The Morgan fingerprint density at radius 3 is 2.58 bits per heavy atom. The zero-order valence-corrected chi connectivity index (χ0v) is 18.5. The highest BCUT2D eigenvalue weighted by Crippen LogP contribution is 2.35. The molecule has 0 bridgehead atoms. The quantitative estimate of drug-likeness (QED) is 0.623. The molecule has 1 unspecified atom stereocenters. The van der Waals surface area contributed by atoms with Crippen molar-refractivity contribution in [3.05, 3.63) is 54.1 Å². The third-order valence-electron chi connectivity index (χ3n) is 6.54. The van der Waals surface area contributed by atoms with E-state index in [1.165, 1.54) is 24.1 Å². The lowest BCUT2D eigenvalue weighted by atomic mass is 10.0. The summed E-state index contributed by atoms with van der Waals surface area (Å²) < 4.78 is 11.9. The highest BCUT2D eigenvalue weighted by Gasteiger charge is 2.28. The Kier molecular flexibility index (Phi) is 7.32. The molecular weight excluding hydrogens is 386 g/mol. The van der Waals surface area contributed by atoms with Gasteiger partial charge in [-0.1, -0.05) is 30.3 Å². The van der Waals surface area contributed by atoms with Crippen LogP contribution in [-0.2, 0) is 6.42 Å². The van der Waals surface area contributed by atoms with Gasteiger partial charge in [0.1, 0.15) is 0 Å². The molecule has 1 saturated heterocycles. The molecule has 1 atom stereocenters. The summed E-state index contributed by atoms with van der Waals surface area (Å²) in [4.78, 5) is 4.93. The summed E-state index contributed by atoms with van der Waals surface area (Å²) in [5.41, 5.74) is 2.53. The van der Waals surface area contributed by atoms with E-state index in [0.717, 1.165) is 56.9 Å². The number of hydrogen-bond donors (Lipinski definition) is 0. The van der Waals surface area contributed by atoms with E-state index in [4.69, 9.17) is 14.7 Å². The van der Waals surface area contributed by atoms with Gasteiger partial charge in [-0.3, -0.25) is 4.90 Å². The van der Waals surface area contributed by atoms with Gasteiger partial charge in [0, 0.05) is 50.4 Å². The Bertz CT molecular complexity index is 874. The van der Waals surface area contributed by atoms with Crippen LogP contribution in [0.3, 0.4) is 0 Å². The van der Waals surface area contributed by atoms with Crippen LogP contribution in [-0.4, -0.2) is 50.3 Å². The van der Waals surface area contributed by atoms with Crippen molar-refractivity contribution in [2.24, 2.45) is 0 Å². The molecule has 2 aromatic carbocycles. The van der Waals surface area contributed by atoms with Crippen molar-refractivity contribution in [3.63, 3.8) is 0 Å². The molecule has 164 valence electrons. The van der Waals surface area contributed by atoms with E-state index in [-0.39, 0.29) is 0 Å². The molecular formula is C26H33N3O2. The predicted octanol–water partition coefficient (Wildman–Crippen LogP) is 4.66. The Labute approximate surface area is 186 Å². The topological polar surface area (TPSA) is 48.7 Å². The van der Waals surface area contributed by atoms with E-state index in [9.17, 15) is 0 Å². The molecule has 2 aliphatic rings. The van der Waals surface area contributed by atoms with Crippen molar-refractivity contribution in [1.29, 1.82) is 5.26 Å². The maximum atomic E-state index is 9.09. The number of nitrogens with zero attached hydrogens (tertiary/aromatic N) is 3. The molecule has 5 heteroatoms. The van der Waals surface area contributed by atoms with Gasteiger partial charge in [0.2, 0.25) is 0 Å². The molecule has 0 aromatic heterocycles. The molecule has 31 heavy (non-hydrogen) atoms. The summed E-state index contributed by atoms with van der Waals surface area (Å²) in [7, 11) is 1.71. The molecule has 4 rings (SSSR count). The van der Waals surface area contributed by atoms with Crippen LogP contribution in [0.4, 0.5) is 5.69 Å². The number of hydrogen-bond acceptors (Lipinski definition) is 5. The first kappa shape index (κ1) is 21.5. The predicted molar refractivity (Wildman–Crippen MR) is 124 cm³/mol. The number of rotatable bonds is 8. The van der Waals surface area contributed by atoms with E-state index >= 15 is 0 Å². The number of benzene rings is 2. The van der Waals surface area contributed by atoms with Crippen LogP contribution in [0.1, 0.15) is 37.7 Å². The van der Waals surface area contributed by atoms with Crippen LogP contribution in [0.5, 0.6) is 11.5 Å². The van der Waals surface area contributed by atoms with Crippen LogP contribution in [0.25, 0.3) is 0 Å². The second kappa shape index (κ2) is 10.5. The summed E-state index contributed by atoms with van der Waals surface area (Å²) in [6.07, 6.45) is 6.63. The summed E-state index contributed by atoms with van der Waals surface area (Å²) in [5, 5.41) is 9.09. The van der Waals surface area contributed by atoms with Crippen LogP contribution in [0, 0.1) is 11.3 Å². The molecule has 1 aliphatic carbocycles. The maximum Gasteiger partial charge on any atom is 0.163 e. The van der Waals surface area contributed by atoms with E-state index in [1.54, 1.807) is 7.11 Å². The molecule has 0 N–H and O–H groups in total. The monoisotopic (exact) mass is 419 g/mol. The largest absolute Gasteiger partial charge is 0.493 e. The standard InChI is InChI=1S/C26H33N3O2/c1-30-25-13-12-22(19-26(25)31-24-10-5-6-11-24)29-17-16-28(15-7-14-27)23(20-29)18-21-8-3-2-4-9-21/h2-4,8-9,12-13,19,23-24H,5-7,10-11,15-18,20H2,1H3. The van der Waals surface area contributed by atoms with Gasteiger partial charge < -0.3 is 14.4 Å². The van der Waals surface area contributed by atoms with Crippen LogP contribution in [0.15, 0.2) is 48.5 Å². The van der Waals surface area contributed by atoms with Crippen molar-refractivity contribution in [2.45, 2.75) is 50.7 Å². The zero-order valence-electron chi connectivity index (χ0n) is 18.5. The third-order valence-corrected chi connectivity index (χ3v) is 6.54. The zero-order chi connectivity index (χ0) is 21.5. The number of anilines is 1. The van der Waals surface area contributed by atoms with Crippen molar-refractivity contribution in [3.8, 4) is 17.6 Å². The molecule has 2 aromatic rings. The Hall–Kier alpha value is -2.71. The highest BCUT2D eigenvalue weighted by molar-refractivity contribution is 5.57. The second-order valence-corrected chi connectivity index (χ2v) is 8.59. The van der Waals surface area contributed by atoms with Crippen molar-refractivity contribution in [2.75, 3.05) is 38.2 Å². The number of ether oxygens (including phenoxy) is 2. The number of nitriles is 1. The lowest BCUT2D eigenvalue weighted by Crippen LogP contribution is -2.54. The van der Waals surface area contributed by atoms with Gasteiger partial charge in [0.25, 0.3) is 0 Å². The van der Waals surface area contributed by atoms with Crippen LogP contribution >= 0.6 is 0 Å². The molecule has 0 radical (unpaired) electrons. The van der Waals surface area contributed by atoms with Crippen molar-refractivity contribution in [1.82, 2.24) is 4.90 Å². The lowest BCUT2D eigenvalue weighted by molar-refractivity contribution is 0.179. The minimum absolute atomic E-state index is 0.304. The second-order valence-electron chi connectivity index (χ2n) is 8.59. The average Bonchev–Trinajstić information content (AvgIpc) is 3.32. The molecule has 5 nitrogen and oxygen atoms in total. The van der Waals surface area contributed by atoms with Gasteiger partial charge in [-0.15, -0.1) is 0 Å². The normalized spacial score (nSPS) is 19.9. The molecule has 1 aliphatic heterocycles. The van der Waals surface area contributed by atoms with Gasteiger partial charge in [0.15, 0.2) is 11.5 Å². The number of piperazine rings is 1. The Morgan fingerprint density at radius 1 is 1.03 bits per heavy atom. The minimum atomic E-state index is 0.304. The summed E-state index contributed by atoms with van der Waals surface area (Å²) in [5.74, 6) is 1.67. The Balaban J connectivity index is 1.51. The van der Waals surface area contributed by atoms with Gasteiger partial charge in [0.05, 0.1) is 19.3 Å². The Morgan fingerprint density at radius 2 is 1.84 bits per heavy atom. The summed E-state index contributed by atoms with van der Waals surface area (Å²) >= 11 is 0. The fourth-order valence-electron chi connectivity index (χ4n) is 4.84. The summed E-state index contributed by atoms with van der Waals surface area (Å²) in [6, 6.07) is 19.7. The molecule has 1 saturated carbocycles. The van der Waals surface area contributed by atoms with E-state index in [0.29, 0.717) is 18.6 Å². The van der Waals surface area contributed by atoms with E-state index in [1.807, 2.05) is 6.07 Å². The fourth-order valence-corrected chi connectivity index (χ4v) is 4.84. The van der Waals surface area contributed by atoms with Crippen molar-refractivity contribution < 1.29 is 9.47 Å². The SMILES string of the molecule is COc1ccc(N2CCN(CCC#N)C(Cc3ccccc3)C2)cc1OC1CCCC1. The average molecular weight is 420 g/mol. The molecule has 0 amide bonds. The van der Waals surface area contributed by atoms with Gasteiger partial charge in [-0.2, -0.15) is 5.26 Å². The minimum Gasteiger partial charge on any atom is -0.493 e. The molecule has 2 fully saturated rings. The smallest absolute Gasteiger partial charge is 0.163 e. The number of methoxy groups -OCH3 is 1. The molecule has 0 spiro atoms. The van der Waals surface area contributed by atoms with Crippen LogP contribution < -0.4 is 14.4 Å². The van der Waals surface area contributed by atoms with Gasteiger partial charge in [-0.05, 0) is 49.8 Å². The van der Waals surface area contributed by atoms with Crippen LogP contribution in [0.2, 0.25) is 0 Å². The van der Waals surface area contributed by atoms with Crippen molar-refractivity contribution >= 4 is 5.69 Å². The van der Waals surface area contributed by atoms with E-state index in [2.05, 4.69) is 58.3 Å². The van der Waals surface area contributed by atoms with Gasteiger partial charge >= 0.3 is 0 Å². The van der Waals surface area contributed by atoms with Gasteiger partial charge in [-0.25, -0.2) is 0 Å². The lowest BCUT2D eigenvalue weighted by Gasteiger charge is -2.42. The molecule has 1 heterocycles. The first-order valence-corrected chi connectivity index (χ1v) is 11.5. The highest BCUT2D eigenvalue weighted by atomic mass is 16.5. The third kappa shape index (κ3) is 5.51.